The van der Waals surface area contributed by atoms with Gasteiger partial charge in [-0.2, -0.15) is 5.10 Å². The van der Waals surface area contributed by atoms with E-state index in [1.54, 1.807) is 6.33 Å². The number of aryl methyl sites for hydroxylation is 1. The highest BCUT2D eigenvalue weighted by molar-refractivity contribution is 4.90. The monoisotopic (exact) mass is 236 g/mol. The summed E-state index contributed by atoms with van der Waals surface area (Å²) in [4.78, 5) is 4.32. The second-order valence-corrected chi connectivity index (χ2v) is 5.88. The van der Waals surface area contributed by atoms with Crippen LogP contribution in [0.1, 0.15) is 52.3 Å². The van der Waals surface area contributed by atoms with Crippen molar-refractivity contribution in [3.63, 3.8) is 0 Å². The number of rotatable bonds is 5. The van der Waals surface area contributed by atoms with Crippen LogP contribution < -0.4 is 5.32 Å². The average molecular weight is 236 g/mol. The van der Waals surface area contributed by atoms with Gasteiger partial charge in [0.05, 0.1) is 6.54 Å². The van der Waals surface area contributed by atoms with Crippen molar-refractivity contribution in [2.24, 2.45) is 5.41 Å². The van der Waals surface area contributed by atoms with Crippen molar-refractivity contribution < 1.29 is 0 Å². The van der Waals surface area contributed by atoms with Gasteiger partial charge in [0, 0.05) is 12.6 Å². The summed E-state index contributed by atoms with van der Waals surface area (Å²) < 4.78 is 2.01. The first-order valence-corrected chi connectivity index (χ1v) is 6.71. The highest BCUT2D eigenvalue weighted by Gasteiger charge is 2.30. The highest BCUT2D eigenvalue weighted by atomic mass is 15.3. The van der Waals surface area contributed by atoms with Gasteiger partial charge >= 0.3 is 0 Å². The van der Waals surface area contributed by atoms with Crippen molar-refractivity contribution in [2.45, 2.75) is 65.6 Å². The van der Waals surface area contributed by atoms with Gasteiger partial charge in [-0.1, -0.05) is 20.8 Å². The van der Waals surface area contributed by atoms with Crippen LogP contribution in [0.15, 0.2) is 6.33 Å². The lowest BCUT2D eigenvalue weighted by Crippen LogP contribution is -2.28. The topological polar surface area (TPSA) is 42.7 Å². The van der Waals surface area contributed by atoms with Crippen LogP contribution in [0.5, 0.6) is 0 Å². The standard InChI is InChI=1S/C13H24N4/c1-4-7-17-12(15-10-16-17)9-14-11-5-6-13(2,3)8-11/h10-11,14H,4-9H2,1-3H3. The molecule has 17 heavy (non-hydrogen) atoms. The Balaban J connectivity index is 1.84. The van der Waals surface area contributed by atoms with Crippen molar-refractivity contribution in [3.05, 3.63) is 12.2 Å². The van der Waals surface area contributed by atoms with Crippen LogP contribution in [0.25, 0.3) is 0 Å². The summed E-state index contributed by atoms with van der Waals surface area (Å²) in [7, 11) is 0. The minimum atomic E-state index is 0.509. The molecule has 2 rings (SSSR count). The van der Waals surface area contributed by atoms with Gasteiger partial charge in [-0.25, -0.2) is 9.67 Å². The minimum absolute atomic E-state index is 0.509. The Labute approximate surface area is 104 Å². The fourth-order valence-corrected chi connectivity index (χ4v) is 2.67. The fourth-order valence-electron chi connectivity index (χ4n) is 2.67. The lowest BCUT2D eigenvalue weighted by Gasteiger charge is -2.17. The molecule has 0 aliphatic heterocycles. The van der Waals surface area contributed by atoms with Gasteiger partial charge in [-0.15, -0.1) is 0 Å². The van der Waals surface area contributed by atoms with Crippen LogP contribution in [0.4, 0.5) is 0 Å². The average Bonchev–Trinajstić information content (AvgIpc) is 2.83. The Bertz CT molecular complexity index is 356. The Kier molecular flexibility index (Phi) is 3.82. The molecule has 1 aliphatic rings. The van der Waals surface area contributed by atoms with Crippen LogP contribution in [0.3, 0.4) is 0 Å². The fraction of sp³-hybridized carbons (Fsp3) is 0.846. The molecule has 1 unspecified atom stereocenters. The molecule has 1 aromatic heterocycles. The van der Waals surface area contributed by atoms with E-state index in [1.165, 1.54) is 19.3 Å². The van der Waals surface area contributed by atoms with Crippen LogP contribution >= 0.6 is 0 Å². The van der Waals surface area contributed by atoms with Gasteiger partial charge in [-0.3, -0.25) is 0 Å². The summed E-state index contributed by atoms with van der Waals surface area (Å²) in [5.74, 6) is 1.07. The predicted molar refractivity (Wildman–Crippen MR) is 68.6 cm³/mol. The van der Waals surface area contributed by atoms with Crippen LogP contribution in [-0.2, 0) is 13.1 Å². The number of aromatic nitrogens is 3. The van der Waals surface area contributed by atoms with Gasteiger partial charge in [-0.05, 0) is 31.1 Å². The van der Waals surface area contributed by atoms with Crippen LogP contribution in [0, 0.1) is 5.41 Å². The third-order valence-electron chi connectivity index (χ3n) is 3.65. The summed E-state index contributed by atoms with van der Waals surface area (Å²) in [6.45, 7) is 8.69. The maximum absolute atomic E-state index is 4.32. The largest absolute Gasteiger partial charge is 0.307 e. The van der Waals surface area contributed by atoms with Crippen LogP contribution in [0.2, 0.25) is 0 Å². The summed E-state index contributed by atoms with van der Waals surface area (Å²) in [6.07, 6.45) is 6.65. The third kappa shape index (κ3) is 3.28. The number of hydrogen-bond acceptors (Lipinski definition) is 3. The zero-order valence-corrected chi connectivity index (χ0v) is 11.2. The first-order chi connectivity index (χ1) is 8.11. The van der Waals surface area contributed by atoms with Gasteiger partial charge in [0.15, 0.2) is 0 Å². The molecule has 1 aliphatic carbocycles. The molecule has 4 heteroatoms. The number of nitrogens with one attached hydrogen (secondary N) is 1. The van der Waals surface area contributed by atoms with E-state index in [1.807, 2.05) is 4.68 Å². The molecule has 0 aromatic carbocycles. The molecule has 4 nitrogen and oxygen atoms in total. The van der Waals surface area contributed by atoms with E-state index < -0.39 is 0 Å². The van der Waals surface area contributed by atoms with E-state index in [2.05, 4.69) is 36.2 Å². The Morgan fingerprint density at radius 1 is 1.53 bits per heavy atom. The minimum Gasteiger partial charge on any atom is -0.307 e. The zero-order valence-electron chi connectivity index (χ0n) is 11.2. The molecule has 0 bridgehead atoms. The lowest BCUT2D eigenvalue weighted by atomic mass is 9.92. The smallest absolute Gasteiger partial charge is 0.140 e. The first kappa shape index (κ1) is 12.6. The van der Waals surface area contributed by atoms with Gasteiger partial charge < -0.3 is 5.32 Å². The maximum atomic E-state index is 4.32. The normalized spacial score (nSPS) is 23.1. The molecule has 96 valence electrons. The van der Waals surface area contributed by atoms with E-state index >= 15 is 0 Å². The molecule has 1 aromatic rings. The quantitative estimate of drug-likeness (QED) is 0.853. The summed E-state index contributed by atoms with van der Waals surface area (Å²) >= 11 is 0. The van der Waals surface area contributed by atoms with Crippen molar-refractivity contribution >= 4 is 0 Å². The molecule has 0 spiro atoms. The second kappa shape index (κ2) is 5.17. The summed E-state index contributed by atoms with van der Waals surface area (Å²) in [6, 6.07) is 0.650. The number of hydrogen-bond donors (Lipinski definition) is 1. The molecule has 1 fully saturated rings. The van der Waals surface area contributed by atoms with E-state index in [4.69, 9.17) is 0 Å². The first-order valence-electron chi connectivity index (χ1n) is 6.71. The molecule has 1 heterocycles. The predicted octanol–water partition coefficient (Wildman–Crippen LogP) is 2.36. The van der Waals surface area contributed by atoms with E-state index in [0.29, 0.717) is 11.5 Å². The van der Waals surface area contributed by atoms with Crippen molar-refractivity contribution in [3.8, 4) is 0 Å². The maximum Gasteiger partial charge on any atom is 0.140 e. The van der Waals surface area contributed by atoms with Crippen LogP contribution in [-0.4, -0.2) is 20.8 Å². The van der Waals surface area contributed by atoms with Gasteiger partial charge in [0.2, 0.25) is 0 Å². The Hall–Kier alpha value is -0.900. The second-order valence-electron chi connectivity index (χ2n) is 5.88. The Morgan fingerprint density at radius 2 is 2.35 bits per heavy atom. The van der Waals surface area contributed by atoms with E-state index in [0.717, 1.165) is 25.3 Å². The van der Waals surface area contributed by atoms with Crippen molar-refractivity contribution in [2.75, 3.05) is 0 Å². The number of nitrogens with zero attached hydrogens (tertiary/aromatic N) is 3. The molecular weight excluding hydrogens is 212 g/mol. The molecular formula is C13H24N4. The zero-order chi connectivity index (χ0) is 12.3. The van der Waals surface area contributed by atoms with Gasteiger partial charge in [0.1, 0.15) is 12.2 Å². The van der Waals surface area contributed by atoms with Crippen molar-refractivity contribution in [1.82, 2.24) is 20.1 Å². The lowest BCUT2D eigenvalue weighted by molar-refractivity contribution is 0.362. The van der Waals surface area contributed by atoms with E-state index in [-0.39, 0.29) is 0 Å². The third-order valence-corrected chi connectivity index (χ3v) is 3.65. The molecule has 0 radical (unpaired) electrons. The van der Waals surface area contributed by atoms with Gasteiger partial charge in [0.25, 0.3) is 0 Å². The SMILES string of the molecule is CCCn1ncnc1CNC1CCC(C)(C)C1. The molecule has 0 saturated heterocycles. The van der Waals surface area contributed by atoms with Crippen molar-refractivity contribution in [1.29, 1.82) is 0 Å². The highest BCUT2D eigenvalue weighted by Crippen LogP contribution is 2.36. The van der Waals surface area contributed by atoms with E-state index in [9.17, 15) is 0 Å². The molecule has 1 saturated carbocycles. The molecule has 1 N–H and O–H groups in total. The summed E-state index contributed by atoms with van der Waals surface area (Å²) in [5.41, 5.74) is 0.509. The Morgan fingerprint density at radius 3 is 3.00 bits per heavy atom. The molecule has 1 atom stereocenters. The molecule has 0 amide bonds. The summed E-state index contributed by atoms with van der Waals surface area (Å²) in [5, 5.41) is 7.86.